The molecule has 0 saturated carbocycles. The van der Waals surface area contributed by atoms with Gasteiger partial charge in [0.05, 0.1) is 5.56 Å². The van der Waals surface area contributed by atoms with Crippen LogP contribution in [0.1, 0.15) is 29.5 Å². The molecule has 2 aromatic rings. The SMILES string of the molecule is CCCc1n[nH]c(=S)n1CC(=O)N1CCN(C(=O)c2cc(Cl)ccc2F)CC1. The molecule has 10 heteroatoms. The molecule has 0 spiro atoms. The molecule has 1 saturated heterocycles. The number of carbonyl (C=O) groups excluding carboxylic acids is 2. The topological polar surface area (TPSA) is 74.2 Å². The van der Waals surface area contributed by atoms with E-state index in [1.54, 1.807) is 9.47 Å². The van der Waals surface area contributed by atoms with Gasteiger partial charge in [0.2, 0.25) is 5.91 Å². The lowest BCUT2D eigenvalue weighted by Crippen LogP contribution is -2.51. The monoisotopic (exact) mass is 425 g/mol. The standard InChI is InChI=1S/C18H21ClFN5O2S/c1-2-3-15-21-22-18(28)25(15)11-16(26)23-6-8-24(9-7-23)17(27)13-10-12(19)4-5-14(13)20/h4-5,10H,2-3,6-9,11H2,1H3,(H,22,28). The average Bonchev–Trinajstić information content (AvgIpc) is 3.03. The van der Waals surface area contributed by atoms with E-state index < -0.39 is 11.7 Å². The Kier molecular flexibility index (Phi) is 6.46. The Morgan fingerprint density at radius 1 is 1.25 bits per heavy atom. The summed E-state index contributed by atoms with van der Waals surface area (Å²) < 4.78 is 16.1. The summed E-state index contributed by atoms with van der Waals surface area (Å²) >= 11 is 11.1. The number of aromatic nitrogens is 3. The van der Waals surface area contributed by atoms with Gasteiger partial charge in [-0.05, 0) is 36.8 Å². The maximum atomic E-state index is 13.9. The summed E-state index contributed by atoms with van der Waals surface area (Å²) in [5.41, 5.74) is -0.0545. The summed E-state index contributed by atoms with van der Waals surface area (Å²) in [6.45, 7) is 3.55. The zero-order chi connectivity index (χ0) is 20.3. The second-order valence-electron chi connectivity index (χ2n) is 6.58. The summed E-state index contributed by atoms with van der Waals surface area (Å²) in [5, 5.41) is 7.19. The molecule has 2 amide bonds. The van der Waals surface area contributed by atoms with E-state index in [1.807, 2.05) is 6.92 Å². The highest BCUT2D eigenvalue weighted by molar-refractivity contribution is 7.71. The van der Waals surface area contributed by atoms with E-state index in [-0.39, 0.29) is 18.0 Å². The fraction of sp³-hybridized carbons (Fsp3) is 0.444. The molecule has 0 radical (unpaired) electrons. The van der Waals surface area contributed by atoms with Gasteiger partial charge >= 0.3 is 0 Å². The van der Waals surface area contributed by atoms with Crippen molar-refractivity contribution in [1.29, 1.82) is 0 Å². The third kappa shape index (κ3) is 4.41. The normalized spacial score (nSPS) is 14.4. The number of nitrogens with one attached hydrogen (secondary N) is 1. The predicted molar refractivity (Wildman–Crippen MR) is 105 cm³/mol. The molecule has 7 nitrogen and oxygen atoms in total. The number of halogens is 2. The number of hydrogen-bond acceptors (Lipinski definition) is 4. The number of amides is 2. The Hall–Kier alpha value is -2.26. The van der Waals surface area contributed by atoms with E-state index in [9.17, 15) is 14.0 Å². The maximum Gasteiger partial charge on any atom is 0.257 e. The molecule has 2 heterocycles. The predicted octanol–water partition coefficient (Wildman–Crippen LogP) is 2.67. The second-order valence-corrected chi connectivity index (χ2v) is 7.40. The van der Waals surface area contributed by atoms with Crippen molar-refractivity contribution in [3.63, 3.8) is 0 Å². The number of aromatic amines is 1. The van der Waals surface area contributed by atoms with Crippen molar-refractivity contribution < 1.29 is 14.0 Å². The molecule has 1 aliphatic rings. The number of hydrogen-bond donors (Lipinski definition) is 1. The van der Waals surface area contributed by atoms with Crippen LogP contribution in [0.3, 0.4) is 0 Å². The number of rotatable bonds is 5. The van der Waals surface area contributed by atoms with E-state index in [2.05, 4.69) is 10.2 Å². The van der Waals surface area contributed by atoms with Crippen LogP contribution in [0.4, 0.5) is 4.39 Å². The van der Waals surface area contributed by atoms with Gasteiger partial charge in [0, 0.05) is 37.6 Å². The summed E-state index contributed by atoms with van der Waals surface area (Å²) in [7, 11) is 0. The first-order valence-corrected chi connectivity index (χ1v) is 9.85. The molecule has 3 rings (SSSR count). The van der Waals surface area contributed by atoms with Crippen molar-refractivity contribution in [3.8, 4) is 0 Å². The molecule has 1 fully saturated rings. The minimum absolute atomic E-state index is 0.0545. The first-order valence-electron chi connectivity index (χ1n) is 9.07. The Bertz CT molecular complexity index is 936. The Morgan fingerprint density at radius 2 is 1.93 bits per heavy atom. The quantitative estimate of drug-likeness (QED) is 0.747. The van der Waals surface area contributed by atoms with Gasteiger partial charge in [0.15, 0.2) is 4.77 Å². The first-order chi connectivity index (χ1) is 13.4. The fourth-order valence-corrected chi connectivity index (χ4v) is 3.54. The Morgan fingerprint density at radius 3 is 2.61 bits per heavy atom. The van der Waals surface area contributed by atoms with Gasteiger partial charge in [-0.1, -0.05) is 18.5 Å². The summed E-state index contributed by atoms with van der Waals surface area (Å²) in [4.78, 5) is 28.4. The second kappa shape index (κ2) is 8.83. The van der Waals surface area contributed by atoms with Crippen molar-refractivity contribution in [2.24, 2.45) is 0 Å². The van der Waals surface area contributed by atoms with Crippen LogP contribution >= 0.6 is 23.8 Å². The Labute approximate surface area is 172 Å². The van der Waals surface area contributed by atoms with Gasteiger partial charge < -0.3 is 9.80 Å². The first kappa shape index (κ1) is 20.5. The maximum absolute atomic E-state index is 13.9. The molecule has 1 aromatic carbocycles. The average molecular weight is 426 g/mol. The minimum Gasteiger partial charge on any atom is -0.338 e. The van der Waals surface area contributed by atoms with Crippen LogP contribution in [0, 0.1) is 10.6 Å². The highest BCUT2D eigenvalue weighted by Crippen LogP contribution is 2.18. The third-order valence-electron chi connectivity index (χ3n) is 4.68. The van der Waals surface area contributed by atoms with Gasteiger partial charge in [-0.2, -0.15) is 5.10 Å². The van der Waals surface area contributed by atoms with Crippen molar-refractivity contribution in [1.82, 2.24) is 24.6 Å². The Balaban J connectivity index is 1.61. The minimum atomic E-state index is -0.606. The molecular formula is C18H21ClFN5O2S. The summed E-state index contributed by atoms with van der Waals surface area (Å²) in [6, 6.07) is 3.91. The molecule has 0 bridgehead atoms. The number of benzene rings is 1. The summed E-state index contributed by atoms with van der Waals surface area (Å²) in [5.74, 6) is -0.359. The third-order valence-corrected chi connectivity index (χ3v) is 5.23. The van der Waals surface area contributed by atoms with Crippen molar-refractivity contribution in [2.75, 3.05) is 26.2 Å². The number of aryl methyl sites for hydroxylation is 1. The molecule has 0 atom stereocenters. The number of carbonyl (C=O) groups is 2. The molecular weight excluding hydrogens is 405 g/mol. The lowest BCUT2D eigenvalue weighted by molar-refractivity contribution is -0.133. The van der Waals surface area contributed by atoms with E-state index in [0.29, 0.717) is 36.0 Å². The van der Waals surface area contributed by atoms with Gasteiger partial charge in [-0.25, -0.2) is 4.39 Å². The van der Waals surface area contributed by atoms with Crippen LogP contribution in [0.5, 0.6) is 0 Å². The van der Waals surface area contributed by atoms with Gasteiger partial charge in [0.1, 0.15) is 18.2 Å². The van der Waals surface area contributed by atoms with Crippen molar-refractivity contribution in [3.05, 3.63) is 45.2 Å². The van der Waals surface area contributed by atoms with E-state index >= 15 is 0 Å². The molecule has 150 valence electrons. The molecule has 1 aliphatic heterocycles. The lowest BCUT2D eigenvalue weighted by atomic mass is 10.1. The van der Waals surface area contributed by atoms with Crippen molar-refractivity contribution in [2.45, 2.75) is 26.3 Å². The molecule has 1 N–H and O–H groups in total. The van der Waals surface area contributed by atoms with E-state index in [1.165, 1.54) is 23.1 Å². The fourth-order valence-electron chi connectivity index (χ4n) is 3.15. The highest BCUT2D eigenvalue weighted by atomic mass is 35.5. The lowest BCUT2D eigenvalue weighted by Gasteiger charge is -2.35. The van der Waals surface area contributed by atoms with Gasteiger partial charge in [-0.3, -0.25) is 19.3 Å². The van der Waals surface area contributed by atoms with E-state index in [4.69, 9.17) is 23.8 Å². The van der Waals surface area contributed by atoms with Crippen molar-refractivity contribution >= 4 is 35.6 Å². The van der Waals surface area contributed by atoms with Crippen LogP contribution in [0.25, 0.3) is 0 Å². The zero-order valence-corrected chi connectivity index (χ0v) is 17.0. The van der Waals surface area contributed by atoms with Gasteiger partial charge in [0.25, 0.3) is 5.91 Å². The van der Waals surface area contributed by atoms with Crippen LogP contribution in [-0.2, 0) is 17.8 Å². The molecule has 1 aromatic heterocycles. The van der Waals surface area contributed by atoms with Crippen LogP contribution < -0.4 is 0 Å². The van der Waals surface area contributed by atoms with Gasteiger partial charge in [-0.15, -0.1) is 0 Å². The highest BCUT2D eigenvalue weighted by Gasteiger charge is 2.27. The largest absolute Gasteiger partial charge is 0.338 e. The van der Waals surface area contributed by atoms with Crippen LogP contribution in [0.15, 0.2) is 18.2 Å². The van der Waals surface area contributed by atoms with Crippen LogP contribution in [0.2, 0.25) is 5.02 Å². The number of nitrogens with zero attached hydrogens (tertiary/aromatic N) is 4. The number of piperazine rings is 1. The zero-order valence-electron chi connectivity index (χ0n) is 15.5. The number of H-pyrrole nitrogens is 1. The molecule has 0 aliphatic carbocycles. The molecule has 28 heavy (non-hydrogen) atoms. The smallest absolute Gasteiger partial charge is 0.257 e. The van der Waals surface area contributed by atoms with Crippen LogP contribution in [-0.4, -0.2) is 62.6 Å². The molecule has 0 unspecified atom stereocenters. The summed E-state index contributed by atoms with van der Waals surface area (Å²) in [6.07, 6.45) is 1.63. The van der Waals surface area contributed by atoms with E-state index in [0.717, 1.165) is 18.7 Å².